The van der Waals surface area contributed by atoms with Gasteiger partial charge in [-0.3, -0.25) is 4.79 Å². The van der Waals surface area contributed by atoms with Gasteiger partial charge < -0.3 is 10.0 Å². The van der Waals surface area contributed by atoms with Gasteiger partial charge in [0.2, 0.25) is 0 Å². The molecule has 1 aromatic carbocycles. The summed E-state index contributed by atoms with van der Waals surface area (Å²) in [6, 6.07) is 7.58. The van der Waals surface area contributed by atoms with E-state index in [9.17, 15) is 9.90 Å². The molecule has 1 N–H and O–H groups in total. The molecule has 0 bridgehead atoms. The van der Waals surface area contributed by atoms with Crippen LogP contribution in [0.2, 0.25) is 0 Å². The smallest absolute Gasteiger partial charge is 0.256 e. The standard InChI is InChI=1S/C19H21N5O2S/c1-13-6-7-14(18-22-15(11-25)12-27-18)10-23(13)19(26)16-4-2-3-5-17(16)24-20-8-9-21-24/h2-5,8-9,12-14,25H,6-7,10-11H2,1H3. The van der Waals surface area contributed by atoms with Crippen molar-refractivity contribution in [1.29, 1.82) is 0 Å². The number of aliphatic hydroxyl groups excluding tert-OH is 1. The summed E-state index contributed by atoms with van der Waals surface area (Å²) in [5, 5.41) is 20.5. The number of thiazole rings is 1. The lowest BCUT2D eigenvalue weighted by atomic mass is 9.93. The number of aromatic nitrogens is 4. The van der Waals surface area contributed by atoms with Gasteiger partial charge in [0.15, 0.2) is 0 Å². The molecule has 1 fully saturated rings. The van der Waals surface area contributed by atoms with Crippen LogP contribution in [0.5, 0.6) is 0 Å². The molecule has 1 amide bonds. The predicted octanol–water partition coefficient (Wildman–Crippen LogP) is 2.62. The second kappa shape index (κ2) is 7.58. The number of likely N-dealkylation sites (tertiary alicyclic amines) is 1. The van der Waals surface area contributed by atoms with Gasteiger partial charge in [-0.1, -0.05) is 12.1 Å². The lowest BCUT2D eigenvalue weighted by Gasteiger charge is -2.37. The Bertz CT molecular complexity index is 924. The Morgan fingerprint density at radius 2 is 2.04 bits per heavy atom. The summed E-state index contributed by atoms with van der Waals surface area (Å²) in [6.07, 6.45) is 5.11. The Labute approximate surface area is 161 Å². The van der Waals surface area contributed by atoms with Crippen molar-refractivity contribution in [1.82, 2.24) is 24.9 Å². The minimum atomic E-state index is -0.0491. The van der Waals surface area contributed by atoms with Crippen LogP contribution < -0.4 is 0 Å². The predicted molar refractivity (Wildman–Crippen MR) is 102 cm³/mol. The fourth-order valence-corrected chi connectivity index (χ4v) is 4.44. The fourth-order valence-electron chi connectivity index (χ4n) is 3.50. The molecule has 0 saturated carbocycles. The van der Waals surface area contributed by atoms with Gasteiger partial charge >= 0.3 is 0 Å². The average molecular weight is 383 g/mol. The highest BCUT2D eigenvalue weighted by atomic mass is 32.1. The Kier molecular flexibility index (Phi) is 5.00. The minimum absolute atomic E-state index is 0.0148. The zero-order valence-corrected chi connectivity index (χ0v) is 15.8. The number of hydrogen-bond donors (Lipinski definition) is 1. The minimum Gasteiger partial charge on any atom is -0.390 e. The molecule has 1 saturated heterocycles. The maximum Gasteiger partial charge on any atom is 0.256 e. The highest BCUT2D eigenvalue weighted by Gasteiger charge is 2.32. The number of carbonyl (C=O) groups excluding carboxylic acids is 1. The molecule has 2 aromatic heterocycles. The average Bonchev–Trinajstić information content (AvgIpc) is 3.40. The number of para-hydroxylation sites is 1. The molecule has 0 radical (unpaired) electrons. The summed E-state index contributed by atoms with van der Waals surface area (Å²) in [6.45, 7) is 2.66. The van der Waals surface area contributed by atoms with Gasteiger partial charge in [0, 0.05) is 23.9 Å². The summed E-state index contributed by atoms with van der Waals surface area (Å²) in [5.41, 5.74) is 1.97. The van der Waals surface area contributed by atoms with E-state index in [1.807, 2.05) is 34.5 Å². The Hall–Kier alpha value is -2.58. The van der Waals surface area contributed by atoms with Crippen LogP contribution in [0.15, 0.2) is 42.0 Å². The zero-order valence-electron chi connectivity index (χ0n) is 15.0. The first-order valence-electron chi connectivity index (χ1n) is 8.99. The second-order valence-electron chi connectivity index (χ2n) is 6.75. The van der Waals surface area contributed by atoms with Crippen molar-refractivity contribution < 1.29 is 9.90 Å². The van der Waals surface area contributed by atoms with E-state index in [-0.39, 0.29) is 24.5 Å². The van der Waals surface area contributed by atoms with Crippen LogP contribution in [-0.4, -0.2) is 48.5 Å². The summed E-state index contributed by atoms with van der Waals surface area (Å²) in [5.74, 6) is 0.185. The van der Waals surface area contributed by atoms with E-state index < -0.39 is 0 Å². The van der Waals surface area contributed by atoms with Crippen molar-refractivity contribution in [3.63, 3.8) is 0 Å². The van der Waals surface area contributed by atoms with Gasteiger partial charge in [-0.15, -0.1) is 11.3 Å². The third kappa shape index (κ3) is 3.50. The maximum absolute atomic E-state index is 13.4. The first-order chi connectivity index (χ1) is 13.2. The molecular formula is C19H21N5O2S. The van der Waals surface area contributed by atoms with Crippen LogP contribution in [0.1, 0.15) is 46.7 Å². The van der Waals surface area contributed by atoms with E-state index in [1.54, 1.807) is 23.7 Å². The number of carbonyl (C=O) groups is 1. The Balaban J connectivity index is 1.61. The molecular weight excluding hydrogens is 362 g/mol. The quantitative estimate of drug-likeness (QED) is 0.749. The van der Waals surface area contributed by atoms with E-state index in [0.29, 0.717) is 23.5 Å². The summed E-state index contributed by atoms with van der Waals surface area (Å²) in [4.78, 5) is 21.3. The van der Waals surface area contributed by atoms with Gasteiger partial charge in [-0.05, 0) is 31.9 Å². The number of benzene rings is 1. The first kappa shape index (κ1) is 17.8. The van der Waals surface area contributed by atoms with Gasteiger partial charge in [-0.25, -0.2) is 4.98 Å². The lowest BCUT2D eigenvalue weighted by Crippen LogP contribution is -2.45. The van der Waals surface area contributed by atoms with Crippen molar-refractivity contribution >= 4 is 17.2 Å². The van der Waals surface area contributed by atoms with Crippen LogP contribution in [0.25, 0.3) is 5.69 Å². The highest BCUT2D eigenvalue weighted by molar-refractivity contribution is 7.09. The van der Waals surface area contributed by atoms with Crippen molar-refractivity contribution in [2.75, 3.05) is 6.54 Å². The molecule has 2 unspecified atom stereocenters. The van der Waals surface area contributed by atoms with Crippen molar-refractivity contribution in [2.45, 2.75) is 38.3 Å². The van der Waals surface area contributed by atoms with Crippen molar-refractivity contribution in [3.8, 4) is 5.69 Å². The van der Waals surface area contributed by atoms with Gasteiger partial charge in [-0.2, -0.15) is 15.0 Å². The normalized spacial score (nSPS) is 20.0. The molecule has 3 heterocycles. The summed E-state index contributed by atoms with van der Waals surface area (Å²) < 4.78 is 0. The molecule has 7 nitrogen and oxygen atoms in total. The van der Waals surface area contributed by atoms with Crippen LogP contribution >= 0.6 is 11.3 Å². The molecule has 0 aliphatic carbocycles. The molecule has 4 rings (SSSR count). The number of piperidine rings is 1. The third-order valence-corrected chi connectivity index (χ3v) is 6.05. The van der Waals surface area contributed by atoms with E-state index in [4.69, 9.17) is 0 Å². The molecule has 0 spiro atoms. The van der Waals surface area contributed by atoms with Gasteiger partial charge in [0.25, 0.3) is 5.91 Å². The van der Waals surface area contributed by atoms with Gasteiger partial charge in [0.1, 0.15) is 0 Å². The summed E-state index contributed by atoms with van der Waals surface area (Å²) >= 11 is 1.56. The van der Waals surface area contributed by atoms with Crippen molar-refractivity contribution in [2.24, 2.45) is 0 Å². The number of nitrogens with zero attached hydrogens (tertiary/aromatic N) is 5. The van der Waals surface area contributed by atoms with Crippen LogP contribution in [0, 0.1) is 0 Å². The third-order valence-electron chi connectivity index (χ3n) is 4.99. The zero-order chi connectivity index (χ0) is 18.8. The van der Waals surface area contributed by atoms with Gasteiger partial charge in [0.05, 0.1) is 41.0 Å². The molecule has 8 heteroatoms. The van der Waals surface area contributed by atoms with Crippen LogP contribution in [-0.2, 0) is 6.61 Å². The molecule has 1 aliphatic heterocycles. The maximum atomic E-state index is 13.4. The largest absolute Gasteiger partial charge is 0.390 e. The summed E-state index contributed by atoms with van der Waals surface area (Å²) in [7, 11) is 0. The molecule has 3 aromatic rings. The molecule has 2 atom stereocenters. The second-order valence-corrected chi connectivity index (χ2v) is 7.64. The molecule has 27 heavy (non-hydrogen) atoms. The first-order valence-corrected chi connectivity index (χ1v) is 9.87. The lowest BCUT2D eigenvalue weighted by molar-refractivity contribution is 0.0609. The van der Waals surface area contributed by atoms with E-state index in [0.717, 1.165) is 17.8 Å². The van der Waals surface area contributed by atoms with E-state index >= 15 is 0 Å². The van der Waals surface area contributed by atoms with Crippen LogP contribution in [0.4, 0.5) is 0 Å². The number of amides is 1. The number of aliphatic hydroxyl groups is 1. The molecule has 1 aliphatic rings. The Morgan fingerprint density at radius 1 is 1.26 bits per heavy atom. The fraction of sp³-hybridized carbons (Fsp3) is 0.368. The Morgan fingerprint density at radius 3 is 2.78 bits per heavy atom. The molecule has 140 valence electrons. The van der Waals surface area contributed by atoms with Crippen molar-refractivity contribution in [3.05, 3.63) is 58.3 Å². The highest BCUT2D eigenvalue weighted by Crippen LogP contribution is 2.33. The topological polar surface area (TPSA) is 84.1 Å². The number of hydrogen-bond acceptors (Lipinski definition) is 6. The SMILES string of the molecule is CC1CCC(c2nc(CO)cs2)CN1C(=O)c1ccccc1-n1nccn1. The van der Waals surface area contributed by atoms with E-state index in [2.05, 4.69) is 22.1 Å². The van der Waals surface area contributed by atoms with Crippen LogP contribution in [0.3, 0.4) is 0 Å². The van der Waals surface area contributed by atoms with E-state index in [1.165, 1.54) is 4.80 Å². The monoisotopic (exact) mass is 383 g/mol. The number of rotatable bonds is 4.